The van der Waals surface area contributed by atoms with Crippen molar-refractivity contribution in [2.45, 2.75) is 16.9 Å². The highest BCUT2D eigenvalue weighted by atomic mass is 32.2. The molecule has 0 aromatic heterocycles. The van der Waals surface area contributed by atoms with Gasteiger partial charge in [-0.3, -0.25) is 4.79 Å². The molecule has 2 atom stereocenters. The summed E-state index contributed by atoms with van der Waals surface area (Å²) in [6, 6.07) is 0. The van der Waals surface area contributed by atoms with Gasteiger partial charge >= 0.3 is 0 Å². The van der Waals surface area contributed by atoms with E-state index < -0.39 is 0 Å². The Balaban J connectivity index is 2.56. The summed E-state index contributed by atoms with van der Waals surface area (Å²) in [5.74, 6) is 0.211. The van der Waals surface area contributed by atoms with Crippen molar-refractivity contribution in [2.75, 3.05) is 19.1 Å². The van der Waals surface area contributed by atoms with Crippen LogP contribution < -0.4 is 5.32 Å². The number of nitrogens with one attached hydrogen (secondary N) is 1. The molecule has 1 aliphatic rings. The van der Waals surface area contributed by atoms with Crippen LogP contribution in [0.25, 0.3) is 0 Å². The van der Waals surface area contributed by atoms with Crippen molar-refractivity contribution in [2.24, 2.45) is 0 Å². The number of piperidine rings is 1. The number of hydrogen-bond donors (Lipinski definition) is 1. The van der Waals surface area contributed by atoms with Crippen molar-refractivity contribution in [3.8, 4) is 0 Å². The molecule has 2 unspecified atom stereocenters. The summed E-state index contributed by atoms with van der Waals surface area (Å²) >= 11 is 3.45. The second kappa shape index (κ2) is 4.26. The zero-order valence-corrected chi connectivity index (χ0v) is 8.43. The molecule has 1 rings (SSSR count). The van der Waals surface area contributed by atoms with Crippen LogP contribution in [0.15, 0.2) is 0 Å². The number of hydrogen-bond acceptors (Lipinski definition) is 3. The Labute approximate surface area is 75.9 Å². The average molecular weight is 191 g/mol. The molecule has 2 nitrogen and oxygen atoms in total. The fourth-order valence-electron chi connectivity index (χ4n) is 1.26. The summed E-state index contributed by atoms with van der Waals surface area (Å²) < 4.78 is 0. The van der Waals surface area contributed by atoms with Crippen LogP contribution in [0.1, 0.15) is 6.42 Å². The number of carbonyl (C=O) groups is 1. The third-order valence-corrected chi connectivity index (χ3v) is 4.22. The number of amides is 1. The fourth-order valence-corrected chi connectivity index (χ4v) is 3.39. The molecule has 1 aliphatic heterocycles. The van der Waals surface area contributed by atoms with Crippen molar-refractivity contribution in [1.82, 2.24) is 5.32 Å². The van der Waals surface area contributed by atoms with E-state index in [4.69, 9.17) is 0 Å². The van der Waals surface area contributed by atoms with E-state index in [1.807, 2.05) is 6.26 Å². The SMILES string of the molecule is CSC1CCNC(=O)C1SC. The molecule has 0 aromatic rings. The maximum atomic E-state index is 11.2. The standard InChI is InChI=1S/C7H13NOS2/c1-10-5-3-4-8-7(9)6(5)11-2/h5-6H,3-4H2,1-2H3,(H,8,9). The van der Waals surface area contributed by atoms with Crippen LogP contribution >= 0.6 is 23.5 Å². The molecule has 64 valence electrons. The molecule has 0 radical (unpaired) electrons. The van der Waals surface area contributed by atoms with Gasteiger partial charge in [0.15, 0.2) is 0 Å². The minimum atomic E-state index is 0.166. The lowest BCUT2D eigenvalue weighted by Gasteiger charge is -2.28. The lowest BCUT2D eigenvalue weighted by Crippen LogP contribution is -2.45. The lowest BCUT2D eigenvalue weighted by atomic mass is 10.1. The predicted molar refractivity (Wildman–Crippen MR) is 52.2 cm³/mol. The monoisotopic (exact) mass is 191 g/mol. The Hall–Kier alpha value is 0.170. The minimum absolute atomic E-state index is 0.166. The molecule has 1 heterocycles. The van der Waals surface area contributed by atoms with Gasteiger partial charge in [-0.2, -0.15) is 23.5 Å². The van der Waals surface area contributed by atoms with E-state index in [2.05, 4.69) is 11.6 Å². The summed E-state index contributed by atoms with van der Waals surface area (Å²) in [7, 11) is 0. The summed E-state index contributed by atoms with van der Waals surface area (Å²) in [5.41, 5.74) is 0. The van der Waals surface area contributed by atoms with Gasteiger partial charge in [0.1, 0.15) is 0 Å². The number of carbonyl (C=O) groups excluding carboxylic acids is 1. The molecule has 0 saturated carbocycles. The van der Waals surface area contributed by atoms with Crippen molar-refractivity contribution < 1.29 is 4.79 Å². The Kier molecular flexibility index (Phi) is 3.59. The third-order valence-electron chi connectivity index (χ3n) is 1.88. The minimum Gasteiger partial charge on any atom is -0.355 e. The predicted octanol–water partition coefficient (Wildman–Crippen LogP) is 0.970. The van der Waals surface area contributed by atoms with Crippen LogP contribution in [0.3, 0.4) is 0 Å². The first-order valence-electron chi connectivity index (χ1n) is 3.63. The zero-order valence-electron chi connectivity index (χ0n) is 6.79. The smallest absolute Gasteiger partial charge is 0.234 e. The van der Waals surface area contributed by atoms with Gasteiger partial charge in [0.05, 0.1) is 5.25 Å². The molecule has 1 amide bonds. The van der Waals surface area contributed by atoms with E-state index in [-0.39, 0.29) is 11.2 Å². The second-order valence-corrected chi connectivity index (χ2v) is 4.57. The van der Waals surface area contributed by atoms with Gasteiger partial charge in [-0.15, -0.1) is 0 Å². The Morgan fingerprint density at radius 2 is 2.18 bits per heavy atom. The maximum Gasteiger partial charge on any atom is 0.234 e. The number of thioether (sulfide) groups is 2. The quantitative estimate of drug-likeness (QED) is 0.705. The van der Waals surface area contributed by atoms with Gasteiger partial charge in [0.2, 0.25) is 5.91 Å². The van der Waals surface area contributed by atoms with Crippen LogP contribution in [0, 0.1) is 0 Å². The van der Waals surface area contributed by atoms with E-state index in [9.17, 15) is 4.79 Å². The van der Waals surface area contributed by atoms with Gasteiger partial charge in [0, 0.05) is 11.8 Å². The van der Waals surface area contributed by atoms with Crippen LogP contribution in [0.5, 0.6) is 0 Å². The van der Waals surface area contributed by atoms with Gasteiger partial charge in [-0.05, 0) is 18.9 Å². The van der Waals surface area contributed by atoms with E-state index in [0.717, 1.165) is 13.0 Å². The van der Waals surface area contributed by atoms with Gasteiger partial charge in [0.25, 0.3) is 0 Å². The molecule has 0 spiro atoms. The lowest BCUT2D eigenvalue weighted by molar-refractivity contribution is -0.121. The van der Waals surface area contributed by atoms with Crippen LogP contribution in [0.2, 0.25) is 0 Å². The first kappa shape index (κ1) is 9.26. The Morgan fingerprint density at radius 1 is 1.45 bits per heavy atom. The Bertz CT molecular complexity index is 151. The van der Waals surface area contributed by atoms with Crippen LogP contribution in [-0.4, -0.2) is 35.5 Å². The van der Waals surface area contributed by atoms with E-state index >= 15 is 0 Å². The molecule has 0 aromatic carbocycles. The molecular weight excluding hydrogens is 178 g/mol. The highest BCUT2D eigenvalue weighted by molar-refractivity contribution is 8.03. The van der Waals surface area contributed by atoms with E-state index in [1.165, 1.54) is 0 Å². The molecule has 1 saturated heterocycles. The summed E-state index contributed by atoms with van der Waals surface area (Å²) in [4.78, 5) is 11.2. The summed E-state index contributed by atoms with van der Waals surface area (Å²) in [6.45, 7) is 0.849. The number of rotatable bonds is 2. The zero-order chi connectivity index (χ0) is 8.27. The Morgan fingerprint density at radius 3 is 2.64 bits per heavy atom. The van der Waals surface area contributed by atoms with Gasteiger partial charge in [-0.25, -0.2) is 0 Å². The van der Waals surface area contributed by atoms with E-state index in [1.54, 1.807) is 23.5 Å². The van der Waals surface area contributed by atoms with Gasteiger partial charge < -0.3 is 5.32 Å². The van der Waals surface area contributed by atoms with Crippen molar-refractivity contribution in [3.05, 3.63) is 0 Å². The average Bonchev–Trinajstić information content (AvgIpc) is 2.04. The molecule has 1 N–H and O–H groups in total. The topological polar surface area (TPSA) is 29.1 Å². The fraction of sp³-hybridized carbons (Fsp3) is 0.857. The van der Waals surface area contributed by atoms with Crippen LogP contribution in [-0.2, 0) is 4.79 Å². The molecular formula is C7H13NOS2. The van der Waals surface area contributed by atoms with Gasteiger partial charge in [-0.1, -0.05) is 0 Å². The molecule has 0 aliphatic carbocycles. The molecule has 4 heteroatoms. The molecule has 0 bridgehead atoms. The first-order chi connectivity index (χ1) is 5.29. The molecule has 1 fully saturated rings. The second-order valence-electron chi connectivity index (χ2n) is 2.51. The largest absolute Gasteiger partial charge is 0.355 e. The highest BCUT2D eigenvalue weighted by Crippen LogP contribution is 2.26. The first-order valence-corrected chi connectivity index (χ1v) is 6.20. The summed E-state index contributed by atoms with van der Waals surface area (Å²) in [5, 5.41) is 3.55. The normalized spacial score (nSPS) is 31.6. The highest BCUT2D eigenvalue weighted by Gasteiger charge is 2.30. The van der Waals surface area contributed by atoms with E-state index in [0.29, 0.717) is 5.25 Å². The molecule has 11 heavy (non-hydrogen) atoms. The van der Waals surface area contributed by atoms with Crippen molar-refractivity contribution >= 4 is 29.4 Å². The van der Waals surface area contributed by atoms with Crippen LogP contribution in [0.4, 0.5) is 0 Å². The maximum absolute atomic E-state index is 11.2. The van der Waals surface area contributed by atoms with Crippen molar-refractivity contribution in [3.63, 3.8) is 0 Å². The van der Waals surface area contributed by atoms with Crippen molar-refractivity contribution in [1.29, 1.82) is 0 Å². The third kappa shape index (κ3) is 2.06. The summed E-state index contributed by atoms with van der Waals surface area (Å²) in [6.07, 6.45) is 5.18.